The van der Waals surface area contributed by atoms with Crippen molar-refractivity contribution in [1.82, 2.24) is 10.3 Å². The van der Waals surface area contributed by atoms with Crippen LogP contribution in [0.1, 0.15) is 12.1 Å². The predicted molar refractivity (Wildman–Crippen MR) is 62.3 cm³/mol. The van der Waals surface area contributed by atoms with Gasteiger partial charge in [0.05, 0.1) is 0 Å². The molecule has 1 aromatic rings. The lowest BCUT2D eigenvalue weighted by molar-refractivity contribution is -0.116. The summed E-state index contributed by atoms with van der Waals surface area (Å²) in [5.41, 5.74) is 1.60. The fraction of sp³-hybridized carbons (Fsp3) is 0.333. The second-order valence-electron chi connectivity index (χ2n) is 3.61. The van der Waals surface area contributed by atoms with Crippen molar-refractivity contribution in [3.63, 3.8) is 0 Å². The van der Waals surface area contributed by atoms with Gasteiger partial charge in [0.1, 0.15) is 11.4 Å². The van der Waals surface area contributed by atoms with Crippen LogP contribution in [0.4, 0.5) is 0 Å². The number of hydrogen-bond donors (Lipinski definition) is 1. The van der Waals surface area contributed by atoms with E-state index in [1.807, 2.05) is 6.07 Å². The van der Waals surface area contributed by atoms with Gasteiger partial charge < -0.3 is 14.8 Å². The number of nitrogens with one attached hydrogen (secondary N) is 1. The van der Waals surface area contributed by atoms with Gasteiger partial charge in [-0.1, -0.05) is 0 Å². The maximum Gasteiger partial charge on any atom is 0.244 e. The quantitative estimate of drug-likeness (QED) is 0.788. The standard InChI is InChI=1S/C12H14N2O3/c1-16-8-17-10-3-2-5-14-12(10)9-4-6-13-11(15)7-9/h2-3,5,7H,4,6,8H2,1H3,(H,13,15). The van der Waals surface area contributed by atoms with Crippen LogP contribution >= 0.6 is 0 Å². The van der Waals surface area contributed by atoms with Crippen molar-refractivity contribution in [2.45, 2.75) is 6.42 Å². The molecule has 1 aliphatic heterocycles. The Morgan fingerprint density at radius 3 is 3.18 bits per heavy atom. The van der Waals surface area contributed by atoms with Crippen LogP contribution in [0.5, 0.6) is 5.75 Å². The highest BCUT2D eigenvalue weighted by Crippen LogP contribution is 2.26. The molecule has 0 aromatic carbocycles. The molecule has 1 aliphatic rings. The van der Waals surface area contributed by atoms with Gasteiger partial charge in [0, 0.05) is 25.9 Å². The van der Waals surface area contributed by atoms with Crippen molar-refractivity contribution in [2.75, 3.05) is 20.4 Å². The summed E-state index contributed by atoms with van der Waals surface area (Å²) < 4.78 is 10.3. The third kappa shape index (κ3) is 2.82. The molecular formula is C12H14N2O3. The molecule has 2 heterocycles. The molecule has 0 spiro atoms. The van der Waals surface area contributed by atoms with Gasteiger partial charge in [-0.15, -0.1) is 0 Å². The highest BCUT2D eigenvalue weighted by molar-refractivity contribution is 5.97. The molecule has 17 heavy (non-hydrogen) atoms. The van der Waals surface area contributed by atoms with Crippen LogP contribution in [-0.2, 0) is 9.53 Å². The average Bonchev–Trinajstić information content (AvgIpc) is 2.37. The first kappa shape index (κ1) is 11.6. The van der Waals surface area contributed by atoms with Crippen molar-refractivity contribution >= 4 is 11.5 Å². The van der Waals surface area contributed by atoms with Crippen LogP contribution in [0.25, 0.3) is 5.57 Å². The molecule has 1 N–H and O–H groups in total. The first-order valence-corrected chi connectivity index (χ1v) is 5.37. The van der Waals surface area contributed by atoms with E-state index in [9.17, 15) is 4.79 Å². The minimum Gasteiger partial charge on any atom is -0.465 e. The van der Waals surface area contributed by atoms with E-state index in [0.29, 0.717) is 18.0 Å². The first-order chi connectivity index (χ1) is 8.31. The molecule has 0 unspecified atom stereocenters. The van der Waals surface area contributed by atoms with E-state index in [-0.39, 0.29) is 12.7 Å². The lowest BCUT2D eigenvalue weighted by atomic mass is 10.0. The van der Waals surface area contributed by atoms with Crippen LogP contribution < -0.4 is 10.1 Å². The van der Waals surface area contributed by atoms with Crippen LogP contribution in [0.3, 0.4) is 0 Å². The van der Waals surface area contributed by atoms with Crippen molar-refractivity contribution in [1.29, 1.82) is 0 Å². The topological polar surface area (TPSA) is 60.5 Å². The number of methoxy groups -OCH3 is 1. The normalized spacial score (nSPS) is 15.1. The van der Waals surface area contributed by atoms with Crippen molar-refractivity contribution < 1.29 is 14.3 Å². The van der Waals surface area contributed by atoms with Crippen LogP contribution in [-0.4, -0.2) is 31.3 Å². The maximum atomic E-state index is 11.3. The van der Waals surface area contributed by atoms with Gasteiger partial charge >= 0.3 is 0 Å². The number of nitrogens with zero attached hydrogens (tertiary/aromatic N) is 1. The van der Waals surface area contributed by atoms with Crippen molar-refractivity contribution in [2.24, 2.45) is 0 Å². The third-order valence-corrected chi connectivity index (χ3v) is 2.41. The molecule has 5 heteroatoms. The number of pyridine rings is 1. The van der Waals surface area contributed by atoms with Gasteiger partial charge in [-0.3, -0.25) is 9.78 Å². The van der Waals surface area contributed by atoms with Crippen LogP contribution in [0, 0.1) is 0 Å². The highest BCUT2D eigenvalue weighted by atomic mass is 16.7. The molecular weight excluding hydrogens is 220 g/mol. The lowest BCUT2D eigenvalue weighted by Crippen LogP contribution is -2.26. The molecule has 5 nitrogen and oxygen atoms in total. The minimum absolute atomic E-state index is 0.0883. The number of carbonyl (C=O) groups excluding carboxylic acids is 1. The molecule has 0 fully saturated rings. The Labute approximate surface area is 99.4 Å². The van der Waals surface area contributed by atoms with Crippen LogP contribution in [0.15, 0.2) is 24.4 Å². The summed E-state index contributed by atoms with van der Waals surface area (Å²) in [4.78, 5) is 15.6. The number of aromatic nitrogens is 1. The Morgan fingerprint density at radius 2 is 2.41 bits per heavy atom. The Balaban J connectivity index is 2.27. The SMILES string of the molecule is COCOc1cccnc1C1=CC(=O)NCC1. The molecule has 1 aromatic heterocycles. The Bertz CT molecular complexity index is 443. The number of ether oxygens (including phenoxy) is 2. The van der Waals surface area contributed by atoms with Crippen molar-refractivity contribution in [3.8, 4) is 5.75 Å². The molecule has 90 valence electrons. The van der Waals surface area contributed by atoms with E-state index in [2.05, 4.69) is 10.3 Å². The van der Waals surface area contributed by atoms with Gasteiger partial charge in [-0.25, -0.2) is 0 Å². The number of rotatable bonds is 4. The summed E-state index contributed by atoms with van der Waals surface area (Å²) in [6.07, 6.45) is 4.00. The summed E-state index contributed by atoms with van der Waals surface area (Å²) >= 11 is 0. The summed E-state index contributed by atoms with van der Waals surface area (Å²) in [5, 5.41) is 2.74. The zero-order valence-electron chi connectivity index (χ0n) is 9.60. The Hall–Kier alpha value is -1.88. The predicted octanol–water partition coefficient (Wildman–Crippen LogP) is 0.968. The molecule has 0 saturated heterocycles. The summed E-state index contributed by atoms with van der Waals surface area (Å²) in [6.45, 7) is 0.795. The zero-order valence-corrected chi connectivity index (χ0v) is 9.60. The molecule has 2 rings (SSSR count). The van der Waals surface area contributed by atoms with Crippen molar-refractivity contribution in [3.05, 3.63) is 30.1 Å². The maximum absolute atomic E-state index is 11.3. The first-order valence-electron chi connectivity index (χ1n) is 5.37. The van der Waals surface area contributed by atoms with E-state index in [1.165, 1.54) is 0 Å². The molecule has 0 radical (unpaired) electrons. The zero-order chi connectivity index (χ0) is 12.1. The summed E-state index contributed by atoms with van der Waals surface area (Å²) in [7, 11) is 1.56. The van der Waals surface area contributed by atoms with Crippen LogP contribution in [0.2, 0.25) is 0 Å². The molecule has 0 saturated carbocycles. The molecule has 1 amide bonds. The Kier molecular flexibility index (Phi) is 3.72. The van der Waals surface area contributed by atoms with E-state index >= 15 is 0 Å². The third-order valence-electron chi connectivity index (χ3n) is 2.41. The highest BCUT2D eigenvalue weighted by Gasteiger charge is 2.15. The summed E-state index contributed by atoms with van der Waals surface area (Å²) in [5.74, 6) is 0.546. The van der Waals surface area contributed by atoms with E-state index in [1.54, 1.807) is 25.4 Å². The van der Waals surface area contributed by atoms with E-state index in [0.717, 1.165) is 12.0 Å². The van der Waals surface area contributed by atoms with Gasteiger partial charge in [0.15, 0.2) is 6.79 Å². The lowest BCUT2D eigenvalue weighted by Gasteiger charge is -2.16. The number of carbonyl (C=O) groups is 1. The largest absolute Gasteiger partial charge is 0.465 e. The average molecular weight is 234 g/mol. The van der Waals surface area contributed by atoms with Gasteiger partial charge in [-0.05, 0) is 24.1 Å². The molecule has 0 bridgehead atoms. The fourth-order valence-electron chi connectivity index (χ4n) is 1.66. The van der Waals surface area contributed by atoms with Gasteiger partial charge in [0.25, 0.3) is 0 Å². The van der Waals surface area contributed by atoms with E-state index < -0.39 is 0 Å². The van der Waals surface area contributed by atoms with Gasteiger partial charge in [0.2, 0.25) is 5.91 Å². The molecule has 0 aliphatic carbocycles. The number of hydrogen-bond acceptors (Lipinski definition) is 4. The fourth-order valence-corrected chi connectivity index (χ4v) is 1.66. The minimum atomic E-state index is -0.0883. The number of amides is 1. The van der Waals surface area contributed by atoms with E-state index in [4.69, 9.17) is 9.47 Å². The van der Waals surface area contributed by atoms with Gasteiger partial charge in [-0.2, -0.15) is 0 Å². The molecule has 0 atom stereocenters. The summed E-state index contributed by atoms with van der Waals surface area (Å²) in [6, 6.07) is 3.60. The second-order valence-corrected chi connectivity index (χ2v) is 3.61. The second kappa shape index (κ2) is 5.45. The smallest absolute Gasteiger partial charge is 0.244 e. The Morgan fingerprint density at radius 1 is 1.53 bits per heavy atom. The monoisotopic (exact) mass is 234 g/mol.